The van der Waals surface area contributed by atoms with Crippen molar-refractivity contribution in [3.8, 4) is 0 Å². The molecule has 1 aliphatic heterocycles. The number of aliphatic hydroxyl groups is 3. The average Bonchev–Trinajstić information content (AvgIpc) is 1.98. The van der Waals surface area contributed by atoms with E-state index in [1.807, 2.05) is 0 Å². The second kappa shape index (κ2) is 2.22. The van der Waals surface area contributed by atoms with Gasteiger partial charge in [-0.15, -0.1) is 0 Å². The Morgan fingerprint density at radius 1 is 1.11 bits per heavy atom. The van der Waals surface area contributed by atoms with Gasteiger partial charge in [0.2, 0.25) is 0 Å². The molecule has 54 valence electrons. The minimum absolute atomic E-state index is 0.477. The highest BCUT2D eigenvalue weighted by Gasteiger charge is 2.38. The molecule has 1 rings (SSSR count). The Morgan fingerprint density at radius 3 is 1.78 bits per heavy atom. The first kappa shape index (κ1) is 6.95. The summed E-state index contributed by atoms with van der Waals surface area (Å²) in [7, 11) is 0. The second-order valence-corrected chi connectivity index (χ2v) is 2.21. The zero-order valence-electron chi connectivity index (χ0n) is 5.06. The highest BCUT2D eigenvalue weighted by molar-refractivity contribution is 4.82. The van der Waals surface area contributed by atoms with Crippen molar-refractivity contribution >= 4 is 0 Å². The van der Waals surface area contributed by atoms with E-state index in [1.165, 1.54) is 0 Å². The number of rotatable bonds is 0. The summed E-state index contributed by atoms with van der Waals surface area (Å²) in [5.41, 5.74) is 0. The minimum atomic E-state index is -1.23. The lowest BCUT2D eigenvalue weighted by atomic mass is 10.2. The van der Waals surface area contributed by atoms with Gasteiger partial charge in [0.15, 0.2) is 6.29 Å². The van der Waals surface area contributed by atoms with E-state index < -0.39 is 24.6 Å². The van der Waals surface area contributed by atoms with Crippen molar-refractivity contribution in [1.82, 2.24) is 0 Å². The van der Waals surface area contributed by atoms with Crippen molar-refractivity contribution in [1.29, 1.82) is 0 Å². The monoisotopic (exact) mass is 134 g/mol. The molecule has 0 spiro atoms. The average molecular weight is 134 g/mol. The molecule has 0 aromatic rings. The van der Waals surface area contributed by atoms with Crippen molar-refractivity contribution in [2.24, 2.45) is 0 Å². The third-order valence-corrected chi connectivity index (χ3v) is 1.48. The Bertz CT molecular complexity index is 93.1. The topological polar surface area (TPSA) is 69.9 Å². The third-order valence-electron chi connectivity index (χ3n) is 1.48. The highest BCUT2D eigenvalue weighted by Crippen LogP contribution is 2.18. The Balaban J connectivity index is 2.54. The van der Waals surface area contributed by atoms with Crippen LogP contribution in [0, 0.1) is 0 Å². The lowest BCUT2D eigenvalue weighted by molar-refractivity contribution is -0.124. The van der Waals surface area contributed by atoms with E-state index in [1.54, 1.807) is 6.92 Å². The fraction of sp³-hybridized carbons (Fsp3) is 1.00. The summed E-state index contributed by atoms with van der Waals surface area (Å²) in [6.45, 7) is 1.59. The van der Waals surface area contributed by atoms with Gasteiger partial charge in [-0.25, -0.2) is 0 Å². The standard InChI is InChI=1S/C5H10O4/c1-2-3(6)4(7)5(8)9-2/h2-8H,1H3/t2-,3-,4+,5+/m0/s1. The van der Waals surface area contributed by atoms with Crippen LogP contribution >= 0.6 is 0 Å². The first-order valence-corrected chi connectivity index (χ1v) is 2.82. The molecule has 4 atom stereocenters. The van der Waals surface area contributed by atoms with Crippen LogP contribution in [0.2, 0.25) is 0 Å². The molecule has 1 saturated heterocycles. The van der Waals surface area contributed by atoms with Crippen LogP contribution in [0.3, 0.4) is 0 Å². The molecule has 4 heteroatoms. The molecular formula is C5H10O4. The number of aliphatic hydroxyl groups excluding tert-OH is 3. The van der Waals surface area contributed by atoms with Crippen molar-refractivity contribution < 1.29 is 20.1 Å². The molecule has 3 N–H and O–H groups in total. The quantitative estimate of drug-likeness (QED) is 0.375. The van der Waals surface area contributed by atoms with Gasteiger partial charge in [-0.2, -0.15) is 0 Å². The van der Waals surface area contributed by atoms with Crippen molar-refractivity contribution in [2.45, 2.75) is 31.5 Å². The van der Waals surface area contributed by atoms with Crippen LogP contribution in [0.15, 0.2) is 0 Å². The first-order valence-electron chi connectivity index (χ1n) is 2.82. The predicted octanol–water partition coefficient (Wildman–Crippen LogP) is -1.55. The summed E-state index contributed by atoms with van der Waals surface area (Å²) in [5, 5.41) is 26.4. The summed E-state index contributed by atoms with van der Waals surface area (Å²) in [4.78, 5) is 0. The maximum Gasteiger partial charge on any atom is 0.183 e. The van der Waals surface area contributed by atoms with Gasteiger partial charge in [0.25, 0.3) is 0 Å². The van der Waals surface area contributed by atoms with Gasteiger partial charge in [0, 0.05) is 0 Å². The molecule has 1 fully saturated rings. The first-order chi connectivity index (χ1) is 4.13. The largest absolute Gasteiger partial charge is 0.388 e. The zero-order valence-corrected chi connectivity index (χ0v) is 5.06. The van der Waals surface area contributed by atoms with E-state index in [0.717, 1.165) is 0 Å². The molecular weight excluding hydrogens is 124 g/mol. The second-order valence-electron chi connectivity index (χ2n) is 2.21. The van der Waals surface area contributed by atoms with Crippen molar-refractivity contribution in [2.75, 3.05) is 0 Å². The van der Waals surface area contributed by atoms with E-state index in [4.69, 9.17) is 15.3 Å². The van der Waals surface area contributed by atoms with E-state index in [2.05, 4.69) is 4.74 Å². The van der Waals surface area contributed by atoms with Gasteiger partial charge in [0.1, 0.15) is 12.2 Å². The summed E-state index contributed by atoms with van der Waals surface area (Å²) in [6, 6.07) is 0. The van der Waals surface area contributed by atoms with E-state index in [9.17, 15) is 0 Å². The molecule has 0 bridgehead atoms. The van der Waals surface area contributed by atoms with Crippen molar-refractivity contribution in [3.63, 3.8) is 0 Å². The van der Waals surface area contributed by atoms with Crippen LogP contribution in [0.4, 0.5) is 0 Å². The lowest BCUT2D eigenvalue weighted by Crippen LogP contribution is -2.31. The molecule has 0 aromatic carbocycles. The molecule has 9 heavy (non-hydrogen) atoms. The Kier molecular flexibility index (Phi) is 1.72. The molecule has 1 heterocycles. The molecule has 1 aliphatic rings. The Labute approximate surface area is 52.7 Å². The summed E-state index contributed by atoms with van der Waals surface area (Å²) in [5.74, 6) is 0. The molecule has 0 aliphatic carbocycles. The van der Waals surface area contributed by atoms with Gasteiger partial charge in [-0.1, -0.05) is 0 Å². The lowest BCUT2D eigenvalue weighted by Gasteiger charge is -2.07. The van der Waals surface area contributed by atoms with E-state index in [-0.39, 0.29) is 0 Å². The molecule has 0 unspecified atom stereocenters. The summed E-state index contributed by atoms with van der Waals surface area (Å²) < 4.78 is 4.64. The SMILES string of the molecule is C[C@@H]1O[C@@H](O)[C@H](O)[C@H]1O. The molecule has 0 saturated carbocycles. The maximum atomic E-state index is 8.90. The molecule has 0 amide bonds. The van der Waals surface area contributed by atoms with Crippen molar-refractivity contribution in [3.05, 3.63) is 0 Å². The number of ether oxygens (including phenoxy) is 1. The fourth-order valence-electron chi connectivity index (χ4n) is 0.827. The van der Waals surface area contributed by atoms with Crippen LogP contribution in [-0.2, 0) is 4.74 Å². The normalized spacial score (nSPS) is 52.0. The Morgan fingerprint density at radius 2 is 1.67 bits per heavy atom. The van der Waals surface area contributed by atoms with E-state index in [0.29, 0.717) is 0 Å². The minimum Gasteiger partial charge on any atom is -0.388 e. The molecule has 0 aromatic heterocycles. The van der Waals surface area contributed by atoms with Gasteiger partial charge >= 0.3 is 0 Å². The van der Waals surface area contributed by atoms with Crippen LogP contribution in [0.25, 0.3) is 0 Å². The predicted molar refractivity (Wildman–Crippen MR) is 28.6 cm³/mol. The number of hydrogen-bond acceptors (Lipinski definition) is 4. The summed E-state index contributed by atoms with van der Waals surface area (Å²) >= 11 is 0. The van der Waals surface area contributed by atoms with Gasteiger partial charge in [0.05, 0.1) is 6.10 Å². The fourth-order valence-corrected chi connectivity index (χ4v) is 0.827. The van der Waals surface area contributed by atoms with Crippen LogP contribution in [-0.4, -0.2) is 39.9 Å². The number of hydrogen-bond donors (Lipinski definition) is 3. The molecule has 4 nitrogen and oxygen atoms in total. The van der Waals surface area contributed by atoms with E-state index >= 15 is 0 Å². The van der Waals surface area contributed by atoms with Crippen LogP contribution < -0.4 is 0 Å². The van der Waals surface area contributed by atoms with Gasteiger partial charge < -0.3 is 20.1 Å². The maximum absolute atomic E-state index is 8.90. The highest BCUT2D eigenvalue weighted by atomic mass is 16.6. The van der Waals surface area contributed by atoms with Crippen LogP contribution in [0.5, 0.6) is 0 Å². The smallest absolute Gasteiger partial charge is 0.183 e. The Hall–Kier alpha value is -0.160. The third kappa shape index (κ3) is 1.07. The van der Waals surface area contributed by atoms with Gasteiger partial charge in [-0.3, -0.25) is 0 Å². The van der Waals surface area contributed by atoms with Gasteiger partial charge in [-0.05, 0) is 6.92 Å². The summed E-state index contributed by atoms with van der Waals surface area (Å²) in [6.07, 6.45) is -3.81. The molecule has 0 radical (unpaired) electrons. The zero-order chi connectivity index (χ0) is 7.02. The van der Waals surface area contributed by atoms with Crippen LogP contribution in [0.1, 0.15) is 6.92 Å².